The summed E-state index contributed by atoms with van der Waals surface area (Å²) < 4.78 is 36.1. The summed E-state index contributed by atoms with van der Waals surface area (Å²) in [4.78, 5) is 16.9. The molecule has 0 atom stereocenters. The van der Waals surface area contributed by atoms with E-state index in [-0.39, 0.29) is 10.5 Å². The molecule has 1 saturated heterocycles. The quantitative estimate of drug-likeness (QED) is 0.395. The van der Waals surface area contributed by atoms with E-state index in [1.165, 1.54) is 38.2 Å². The summed E-state index contributed by atoms with van der Waals surface area (Å²) in [5, 5.41) is 11.0. The second kappa shape index (κ2) is 7.98. The fourth-order valence-corrected chi connectivity index (χ4v) is 6.39. The molecule has 0 unspecified atom stereocenters. The van der Waals surface area contributed by atoms with E-state index in [9.17, 15) is 13.2 Å². The molecule has 1 aliphatic heterocycles. The Labute approximate surface area is 185 Å². The van der Waals surface area contributed by atoms with Gasteiger partial charge < -0.3 is 4.74 Å². The maximum atomic E-state index is 12.7. The molecule has 5 heterocycles. The van der Waals surface area contributed by atoms with Crippen molar-refractivity contribution in [2.75, 3.05) is 26.3 Å². The van der Waals surface area contributed by atoms with E-state index < -0.39 is 10.0 Å². The van der Waals surface area contributed by atoms with Gasteiger partial charge in [0.15, 0.2) is 0 Å². The largest absolute Gasteiger partial charge is 0.379 e. The first-order valence-corrected chi connectivity index (χ1v) is 12.7. The second-order valence-electron chi connectivity index (χ2n) is 6.89. The molecule has 1 aliphatic rings. The van der Waals surface area contributed by atoms with Crippen LogP contribution >= 0.6 is 23.1 Å². The molecule has 31 heavy (non-hydrogen) atoms. The Morgan fingerprint density at radius 2 is 2.00 bits per heavy atom. The number of thioether (sulfide) groups is 1. The number of ether oxygens (including phenoxy) is 1. The normalized spacial score (nSPS) is 15.8. The molecule has 0 aliphatic carbocycles. The van der Waals surface area contributed by atoms with Crippen molar-refractivity contribution in [3.05, 3.63) is 46.0 Å². The lowest BCUT2D eigenvalue weighted by Crippen LogP contribution is -2.40. The summed E-state index contributed by atoms with van der Waals surface area (Å²) in [5.41, 5.74) is 0.687. The maximum absolute atomic E-state index is 12.7. The third-order valence-electron chi connectivity index (χ3n) is 5.06. The fraction of sp³-hybridized carbons (Fsp3) is 0.333. The van der Waals surface area contributed by atoms with Gasteiger partial charge in [0.05, 0.1) is 29.5 Å². The Kier molecular flexibility index (Phi) is 5.30. The highest BCUT2D eigenvalue weighted by Gasteiger charge is 2.26. The van der Waals surface area contributed by atoms with Gasteiger partial charge in [-0.05, 0) is 23.6 Å². The van der Waals surface area contributed by atoms with Crippen molar-refractivity contribution in [2.45, 2.75) is 15.7 Å². The number of thiophene rings is 1. The summed E-state index contributed by atoms with van der Waals surface area (Å²) in [6, 6.07) is 5.15. The van der Waals surface area contributed by atoms with E-state index in [1.54, 1.807) is 19.2 Å². The summed E-state index contributed by atoms with van der Waals surface area (Å²) in [6.07, 6.45) is 1.38. The average Bonchev–Trinajstić information content (AvgIpc) is 3.44. The number of fused-ring (bicyclic) bond motifs is 3. The minimum Gasteiger partial charge on any atom is -0.379 e. The standard InChI is InChI=1S/C18H18N6O4S3/c1-22-17(25)16-13(4-9-29-16)24-14(20-21-18(22)24)11-30-15-3-2-12(10-19-15)31(26,27)23-5-7-28-8-6-23/h2-4,9-10H,5-8,11H2,1H3. The van der Waals surface area contributed by atoms with Crippen molar-refractivity contribution in [1.29, 1.82) is 0 Å². The van der Waals surface area contributed by atoms with Crippen LogP contribution in [-0.4, -0.2) is 63.2 Å². The van der Waals surface area contributed by atoms with Gasteiger partial charge in [-0.2, -0.15) is 4.31 Å². The van der Waals surface area contributed by atoms with E-state index in [4.69, 9.17) is 4.74 Å². The second-order valence-corrected chi connectivity index (χ2v) is 10.7. The predicted molar refractivity (Wildman–Crippen MR) is 117 cm³/mol. The van der Waals surface area contributed by atoms with Crippen molar-refractivity contribution in [3.63, 3.8) is 0 Å². The summed E-state index contributed by atoms with van der Waals surface area (Å²) in [6.45, 7) is 1.49. The van der Waals surface area contributed by atoms with Gasteiger partial charge in [0, 0.05) is 26.3 Å². The molecule has 4 aromatic heterocycles. The van der Waals surface area contributed by atoms with Crippen molar-refractivity contribution >= 4 is 49.1 Å². The van der Waals surface area contributed by atoms with Gasteiger partial charge in [0.2, 0.25) is 15.8 Å². The van der Waals surface area contributed by atoms with Crippen molar-refractivity contribution in [2.24, 2.45) is 7.05 Å². The monoisotopic (exact) mass is 478 g/mol. The minimum absolute atomic E-state index is 0.0946. The first kappa shape index (κ1) is 20.6. The molecule has 162 valence electrons. The molecule has 13 heteroatoms. The average molecular weight is 479 g/mol. The zero-order valence-electron chi connectivity index (χ0n) is 16.5. The zero-order chi connectivity index (χ0) is 21.6. The third kappa shape index (κ3) is 3.55. The zero-order valence-corrected chi connectivity index (χ0v) is 18.9. The summed E-state index contributed by atoms with van der Waals surface area (Å²) >= 11 is 2.81. The topological polar surface area (TPSA) is 112 Å². The number of rotatable bonds is 5. The summed E-state index contributed by atoms with van der Waals surface area (Å²) in [7, 11) is -1.89. The molecule has 0 radical (unpaired) electrons. The molecule has 0 aromatic carbocycles. The molecule has 4 aromatic rings. The lowest BCUT2D eigenvalue weighted by Gasteiger charge is -2.25. The molecule has 0 spiro atoms. The Morgan fingerprint density at radius 3 is 2.74 bits per heavy atom. The Bertz CT molecular complexity index is 1420. The molecule has 1 fully saturated rings. The van der Waals surface area contributed by atoms with E-state index in [2.05, 4.69) is 15.2 Å². The Balaban J connectivity index is 1.38. The first-order valence-electron chi connectivity index (χ1n) is 9.44. The third-order valence-corrected chi connectivity index (χ3v) is 8.78. The lowest BCUT2D eigenvalue weighted by atomic mass is 10.4. The molecular formula is C18H18N6O4S3. The molecular weight excluding hydrogens is 460 g/mol. The number of aryl methyl sites for hydroxylation is 1. The van der Waals surface area contributed by atoms with Gasteiger partial charge in [-0.25, -0.2) is 13.4 Å². The first-order chi connectivity index (χ1) is 15.0. The van der Waals surface area contributed by atoms with Crippen molar-refractivity contribution in [1.82, 2.24) is 28.5 Å². The lowest BCUT2D eigenvalue weighted by molar-refractivity contribution is 0.0730. The molecule has 0 N–H and O–H groups in total. The van der Waals surface area contributed by atoms with Gasteiger partial charge in [-0.3, -0.25) is 13.8 Å². The number of morpholine rings is 1. The van der Waals surface area contributed by atoms with E-state index in [0.29, 0.717) is 53.4 Å². The van der Waals surface area contributed by atoms with Gasteiger partial charge in [0.25, 0.3) is 5.56 Å². The smallest absolute Gasteiger partial charge is 0.272 e. The van der Waals surface area contributed by atoms with Crippen molar-refractivity contribution in [3.8, 4) is 0 Å². The van der Waals surface area contributed by atoms with E-state index in [0.717, 1.165) is 5.52 Å². The van der Waals surface area contributed by atoms with Crippen LogP contribution in [0.15, 0.2) is 44.5 Å². The number of nitrogens with zero attached hydrogens (tertiary/aromatic N) is 6. The van der Waals surface area contributed by atoms with Crippen LogP contribution in [0.2, 0.25) is 0 Å². The van der Waals surface area contributed by atoms with Crippen LogP contribution in [0.1, 0.15) is 5.82 Å². The van der Waals surface area contributed by atoms with Crippen LogP contribution in [0, 0.1) is 0 Å². The minimum atomic E-state index is -3.57. The Hall–Kier alpha value is -2.32. The molecule has 0 amide bonds. The fourth-order valence-electron chi connectivity index (χ4n) is 3.43. The van der Waals surface area contributed by atoms with Gasteiger partial charge in [0.1, 0.15) is 15.4 Å². The number of hydrogen-bond donors (Lipinski definition) is 0. The number of sulfonamides is 1. The van der Waals surface area contributed by atoms with Crippen LogP contribution < -0.4 is 5.56 Å². The van der Waals surface area contributed by atoms with Gasteiger partial charge >= 0.3 is 0 Å². The SMILES string of the molecule is Cn1c(=O)c2sccc2n2c(CSc3ccc(S(=O)(=O)N4CCOCC4)cn3)nnc12. The van der Waals surface area contributed by atoms with Crippen LogP contribution in [0.5, 0.6) is 0 Å². The highest BCUT2D eigenvalue weighted by molar-refractivity contribution is 7.98. The van der Waals surface area contributed by atoms with Crippen molar-refractivity contribution < 1.29 is 13.2 Å². The van der Waals surface area contributed by atoms with Crippen LogP contribution in [0.25, 0.3) is 16.0 Å². The highest BCUT2D eigenvalue weighted by atomic mass is 32.2. The summed E-state index contributed by atoms with van der Waals surface area (Å²) in [5.74, 6) is 1.63. The van der Waals surface area contributed by atoms with Crippen LogP contribution in [0.3, 0.4) is 0 Å². The maximum Gasteiger partial charge on any atom is 0.272 e. The number of hydrogen-bond acceptors (Lipinski definition) is 9. The number of aromatic nitrogens is 5. The van der Waals surface area contributed by atoms with Crippen LogP contribution in [0.4, 0.5) is 0 Å². The Morgan fingerprint density at radius 1 is 1.19 bits per heavy atom. The van der Waals surface area contributed by atoms with E-state index >= 15 is 0 Å². The van der Waals surface area contributed by atoms with Gasteiger partial charge in [-0.1, -0.05) is 11.8 Å². The predicted octanol–water partition coefficient (Wildman–Crippen LogP) is 1.35. The molecule has 5 rings (SSSR count). The van der Waals surface area contributed by atoms with Crippen LogP contribution in [-0.2, 0) is 27.6 Å². The van der Waals surface area contributed by atoms with Gasteiger partial charge in [-0.15, -0.1) is 21.5 Å². The molecule has 10 nitrogen and oxygen atoms in total. The number of pyridine rings is 1. The van der Waals surface area contributed by atoms with E-state index in [1.807, 2.05) is 15.8 Å². The highest BCUT2D eigenvalue weighted by Crippen LogP contribution is 2.25. The molecule has 0 bridgehead atoms. The molecule has 0 saturated carbocycles.